The van der Waals surface area contributed by atoms with Crippen LogP contribution in [0.2, 0.25) is 0 Å². The average Bonchev–Trinajstić information content (AvgIpc) is 3.59. The van der Waals surface area contributed by atoms with E-state index in [0.717, 1.165) is 84.0 Å². The summed E-state index contributed by atoms with van der Waals surface area (Å²) in [5.74, 6) is 3.63. The van der Waals surface area contributed by atoms with Crippen molar-refractivity contribution in [2.75, 3.05) is 14.2 Å². The smallest absolute Gasteiger partial charge is 0.402 e. The Balaban J connectivity index is 1.20. The monoisotopic (exact) mass is 650 g/mol. The van der Waals surface area contributed by atoms with Gasteiger partial charge in [-0.05, 0) is 62.8 Å². The second-order valence-electron chi connectivity index (χ2n) is 12.1. The van der Waals surface area contributed by atoms with Gasteiger partial charge in [0.1, 0.15) is 33.9 Å². The molecular formula is C36H38N6O2S2+2. The molecule has 2 aromatic carbocycles. The SMILES string of the molecule is COc1cc[n+](-c2nc3ccccc3[nH]2)c2c1CCCC[C@H]2SS[C@@H]1CCCCc2c(OC)cc[n+](-c3nc4ccccc4[nH]3)c21. The normalized spacial score (nSPS) is 18.1. The van der Waals surface area contributed by atoms with Gasteiger partial charge in [0.25, 0.3) is 0 Å². The van der Waals surface area contributed by atoms with Crippen molar-refractivity contribution in [3.63, 3.8) is 0 Å². The van der Waals surface area contributed by atoms with Gasteiger partial charge in [-0.1, -0.05) is 68.7 Å². The van der Waals surface area contributed by atoms with E-state index in [9.17, 15) is 0 Å². The number of nitrogens with one attached hydrogen (secondary N) is 2. The molecule has 0 aliphatic heterocycles. The van der Waals surface area contributed by atoms with E-state index < -0.39 is 0 Å². The number of hydrogen-bond acceptors (Lipinski definition) is 6. The van der Waals surface area contributed by atoms with Gasteiger partial charge in [0.15, 0.2) is 11.0 Å². The number of para-hydroxylation sites is 4. The summed E-state index contributed by atoms with van der Waals surface area (Å²) in [6.07, 6.45) is 13.1. The Kier molecular flexibility index (Phi) is 8.08. The summed E-state index contributed by atoms with van der Waals surface area (Å²) >= 11 is 0. The van der Waals surface area contributed by atoms with E-state index in [4.69, 9.17) is 19.4 Å². The maximum atomic E-state index is 5.95. The first-order chi connectivity index (χ1) is 22.7. The van der Waals surface area contributed by atoms with Crippen molar-refractivity contribution in [1.82, 2.24) is 19.9 Å². The van der Waals surface area contributed by atoms with Crippen LogP contribution in [-0.2, 0) is 12.8 Å². The van der Waals surface area contributed by atoms with Gasteiger partial charge in [-0.15, -0.1) is 0 Å². The molecule has 0 spiro atoms. The number of benzene rings is 2. The largest absolute Gasteiger partial charge is 0.496 e. The first kappa shape index (κ1) is 29.4. The molecule has 0 amide bonds. The van der Waals surface area contributed by atoms with E-state index >= 15 is 0 Å². The summed E-state index contributed by atoms with van der Waals surface area (Å²) in [4.78, 5) is 17.2. The maximum absolute atomic E-state index is 5.95. The third-order valence-electron chi connectivity index (χ3n) is 9.32. The van der Waals surface area contributed by atoms with Crippen LogP contribution in [0, 0.1) is 0 Å². The maximum Gasteiger partial charge on any atom is 0.402 e. The summed E-state index contributed by atoms with van der Waals surface area (Å²) in [7, 11) is 7.58. The number of rotatable bonds is 7. The van der Waals surface area contributed by atoms with Crippen molar-refractivity contribution in [1.29, 1.82) is 0 Å². The number of ether oxygens (including phenoxy) is 2. The summed E-state index contributed by atoms with van der Waals surface area (Å²) in [5.41, 5.74) is 9.20. The van der Waals surface area contributed by atoms with Crippen molar-refractivity contribution in [2.45, 2.75) is 61.9 Å². The number of pyridine rings is 2. The number of H-pyrrole nitrogens is 2. The number of aromatic amines is 2. The van der Waals surface area contributed by atoms with E-state index in [2.05, 4.69) is 80.0 Å². The molecule has 0 bridgehead atoms. The second-order valence-corrected chi connectivity index (χ2v) is 14.7. The lowest BCUT2D eigenvalue weighted by atomic mass is 10.1. The second kappa shape index (κ2) is 12.6. The van der Waals surface area contributed by atoms with Crippen LogP contribution >= 0.6 is 21.6 Å². The average molecular weight is 651 g/mol. The van der Waals surface area contributed by atoms with Crippen molar-refractivity contribution < 1.29 is 18.6 Å². The highest BCUT2D eigenvalue weighted by Gasteiger charge is 2.34. The standard InChI is InChI=1S/C36H38N6O2S2/c1-43-29-19-21-41(35-37-25-13-5-6-14-26(25)38-35)33-23(29)11-3-9-17-31(33)45-46-32-18-10-4-12-24-30(44-2)20-22-42(34(24)32)36-39-27-15-7-8-16-28(27)40-36/h5-8,13-16,19-22,31-32H,3-4,9-12,17-18H2,1-2H3,(H,37,38)(H,39,40)/q+2/t31-,32-/m1/s1. The first-order valence-corrected chi connectivity index (χ1v) is 18.4. The Labute approximate surface area is 276 Å². The predicted molar refractivity (Wildman–Crippen MR) is 184 cm³/mol. The molecule has 0 fully saturated rings. The van der Waals surface area contributed by atoms with Crippen molar-refractivity contribution in [2.24, 2.45) is 0 Å². The number of fused-ring (bicyclic) bond motifs is 4. The zero-order valence-electron chi connectivity index (χ0n) is 26.2. The zero-order valence-corrected chi connectivity index (χ0v) is 27.8. The summed E-state index contributed by atoms with van der Waals surface area (Å²) in [6.45, 7) is 0. The van der Waals surface area contributed by atoms with Crippen LogP contribution in [0.4, 0.5) is 0 Å². The van der Waals surface area contributed by atoms with Gasteiger partial charge >= 0.3 is 11.9 Å². The zero-order chi connectivity index (χ0) is 31.0. The summed E-state index contributed by atoms with van der Waals surface area (Å²) < 4.78 is 16.5. The lowest BCUT2D eigenvalue weighted by molar-refractivity contribution is -0.612. The molecule has 0 saturated heterocycles. The molecule has 0 unspecified atom stereocenters. The fourth-order valence-electron chi connectivity index (χ4n) is 7.11. The first-order valence-electron chi connectivity index (χ1n) is 16.2. The van der Waals surface area contributed by atoms with Crippen LogP contribution in [0.15, 0.2) is 73.1 Å². The van der Waals surface area contributed by atoms with Crippen LogP contribution in [-0.4, -0.2) is 34.2 Å². The highest BCUT2D eigenvalue weighted by molar-refractivity contribution is 8.76. The van der Waals surface area contributed by atoms with Crippen molar-refractivity contribution >= 4 is 43.7 Å². The highest BCUT2D eigenvalue weighted by Crippen LogP contribution is 2.52. The van der Waals surface area contributed by atoms with Gasteiger partial charge < -0.3 is 9.47 Å². The molecule has 0 saturated carbocycles. The number of methoxy groups -OCH3 is 2. The van der Waals surface area contributed by atoms with Crippen molar-refractivity contribution in [3.05, 3.63) is 95.6 Å². The van der Waals surface area contributed by atoms with E-state index in [1.165, 1.54) is 35.4 Å². The molecular weight excluding hydrogens is 613 g/mol. The number of hydrogen-bond donors (Lipinski definition) is 2. The van der Waals surface area contributed by atoms with E-state index in [-0.39, 0.29) is 10.5 Å². The molecule has 4 heterocycles. The van der Waals surface area contributed by atoms with Gasteiger partial charge in [0, 0.05) is 23.3 Å². The molecule has 6 aromatic rings. The van der Waals surface area contributed by atoms with E-state index in [1.807, 2.05) is 33.7 Å². The van der Waals surface area contributed by atoms with Crippen LogP contribution in [0.5, 0.6) is 11.5 Å². The van der Waals surface area contributed by atoms with Gasteiger partial charge in [-0.25, -0.2) is 19.1 Å². The third-order valence-corrected chi connectivity index (χ3v) is 12.5. The van der Waals surface area contributed by atoms with E-state index in [0.29, 0.717) is 0 Å². The molecule has 2 atom stereocenters. The molecule has 2 aliphatic rings. The lowest BCUT2D eigenvalue weighted by Crippen LogP contribution is -2.39. The molecule has 4 aromatic heterocycles. The van der Waals surface area contributed by atoms with Gasteiger partial charge in [-0.2, -0.15) is 0 Å². The van der Waals surface area contributed by atoms with Crippen LogP contribution < -0.4 is 18.6 Å². The molecule has 2 aliphatic carbocycles. The minimum absolute atomic E-state index is 0.266. The van der Waals surface area contributed by atoms with Crippen LogP contribution in [0.3, 0.4) is 0 Å². The fourth-order valence-corrected chi connectivity index (χ4v) is 10.5. The predicted octanol–water partition coefficient (Wildman–Crippen LogP) is 7.63. The molecule has 234 valence electrons. The summed E-state index contributed by atoms with van der Waals surface area (Å²) in [5, 5.41) is 0.533. The van der Waals surface area contributed by atoms with Crippen molar-refractivity contribution in [3.8, 4) is 23.4 Å². The molecule has 0 radical (unpaired) electrons. The number of aromatic nitrogens is 6. The molecule has 2 N–H and O–H groups in total. The van der Waals surface area contributed by atoms with Crippen LogP contribution in [0.25, 0.3) is 34.0 Å². The Morgan fingerprint density at radius 2 is 1.09 bits per heavy atom. The minimum Gasteiger partial charge on any atom is -0.496 e. The Morgan fingerprint density at radius 1 is 0.630 bits per heavy atom. The van der Waals surface area contributed by atoms with Gasteiger partial charge in [-0.3, -0.25) is 0 Å². The van der Waals surface area contributed by atoms with Crippen LogP contribution in [0.1, 0.15) is 71.5 Å². The van der Waals surface area contributed by atoms with Gasteiger partial charge in [0.2, 0.25) is 0 Å². The molecule has 46 heavy (non-hydrogen) atoms. The van der Waals surface area contributed by atoms with Gasteiger partial charge in [0.05, 0.1) is 37.1 Å². The Morgan fingerprint density at radius 3 is 1.52 bits per heavy atom. The summed E-state index contributed by atoms with van der Waals surface area (Å²) in [6, 6.07) is 20.7. The topological polar surface area (TPSA) is 83.6 Å². The number of imidazole rings is 2. The fraction of sp³-hybridized carbons (Fsp3) is 0.333. The molecule has 8 nitrogen and oxygen atoms in total. The third kappa shape index (κ3) is 5.31. The number of nitrogens with zero attached hydrogens (tertiary/aromatic N) is 4. The van der Waals surface area contributed by atoms with E-state index in [1.54, 1.807) is 14.2 Å². The minimum atomic E-state index is 0.266. The quantitative estimate of drug-likeness (QED) is 0.105. The lowest BCUT2D eigenvalue weighted by Gasteiger charge is -2.23. The Bertz CT molecular complexity index is 1830. The Hall–Kier alpha value is -4.02. The molecule has 10 heteroatoms. The highest BCUT2D eigenvalue weighted by atomic mass is 33.1. The molecule has 8 rings (SSSR count).